The van der Waals surface area contributed by atoms with E-state index in [-0.39, 0.29) is 18.6 Å². The number of rotatable bonds is 4. The summed E-state index contributed by atoms with van der Waals surface area (Å²) in [6, 6.07) is -0.132. The fourth-order valence-corrected chi connectivity index (χ4v) is 1.82. The van der Waals surface area contributed by atoms with Gasteiger partial charge in [0, 0.05) is 18.2 Å². The van der Waals surface area contributed by atoms with E-state index < -0.39 is 11.6 Å². The molecule has 2 N–H and O–H groups in total. The van der Waals surface area contributed by atoms with Crippen molar-refractivity contribution in [3.05, 3.63) is 0 Å². The van der Waals surface area contributed by atoms with E-state index >= 15 is 0 Å². The Morgan fingerprint density at radius 1 is 1.33 bits per heavy atom. The number of aliphatic hydroxyl groups excluding tert-OH is 1. The molecule has 0 saturated heterocycles. The molecule has 0 fully saturated rings. The van der Waals surface area contributed by atoms with Crippen molar-refractivity contribution >= 4 is 6.09 Å². The molecule has 1 amide bonds. The van der Waals surface area contributed by atoms with Gasteiger partial charge in [-0.3, -0.25) is 0 Å². The van der Waals surface area contributed by atoms with Crippen molar-refractivity contribution in [1.29, 1.82) is 0 Å². The second-order valence-electron chi connectivity index (χ2n) is 5.15. The van der Waals surface area contributed by atoms with Crippen LogP contribution in [0.1, 0.15) is 41.0 Å². The molecule has 0 aliphatic carbocycles. The summed E-state index contributed by atoms with van der Waals surface area (Å²) in [5, 5.41) is 18.2. The molecular weight excluding hydrogens is 194 g/mol. The van der Waals surface area contributed by atoms with Gasteiger partial charge in [-0.2, -0.15) is 0 Å². The molecule has 0 rings (SSSR count). The van der Waals surface area contributed by atoms with Gasteiger partial charge in [-0.25, -0.2) is 4.79 Å². The first-order valence-corrected chi connectivity index (χ1v) is 5.35. The summed E-state index contributed by atoms with van der Waals surface area (Å²) in [7, 11) is 0. The van der Waals surface area contributed by atoms with Crippen LogP contribution < -0.4 is 0 Å². The highest BCUT2D eigenvalue weighted by Gasteiger charge is 2.34. The van der Waals surface area contributed by atoms with Crippen LogP contribution in [-0.2, 0) is 0 Å². The summed E-state index contributed by atoms with van der Waals surface area (Å²) in [4.78, 5) is 12.6. The molecule has 0 aliphatic rings. The number of nitrogens with zero attached hydrogens (tertiary/aromatic N) is 1. The highest BCUT2D eigenvalue weighted by Crippen LogP contribution is 2.23. The van der Waals surface area contributed by atoms with Gasteiger partial charge in [0.05, 0.1) is 0 Å². The summed E-state index contributed by atoms with van der Waals surface area (Å²) >= 11 is 0. The van der Waals surface area contributed by atoms with Crippen LogP contribution in [0.25, 0.3) is 0 Å². The average molecular weight is 217 g/mol. The standard InChI is InChI=1S/C11H23NO3/c1-8(2)9(6-7-13)12(10(14)15)11(3,4)5/h8-9,13H,6-7H2,1-5H3,(H,14,15)/t9-/m1/s1. The Hall–Kier alpha value is -0.770. The highest BCUT2D eigenvalue weighted by molar-refractivity contribution is 5.66. The maximum atomic E-state index is 11.2. The van der Waals surface area contributed by atoms with Gasteiger partial charge in [0.2, 0.25) is 0 Å². The number of hydrogen-bond acceptors (Lipinski definition) is 2. The van der Waals surface area contributed by atoms with Gasteiger partial charge in [0.25, 0.3) is 0 Å². The van der Waals surface area contributed by atoms with E-state index in [4.69, 9.17) is 5.11 Å². The van der Waals surface area contributed by atoms with Crippen LogP contribution in [0.5, 0.6) is 0 Å². The van der Waals surface area contributed by atoms with Crippen LogP contribution in [0.3, 0.4) is 0 Å². The predicted octanol–water partition coefficient (Wildman–Crippen LogP) is 2.17. The number of carbonyl (C=O) groups is 1. The third kappa shape index (κ3) is 4.08. The van der Waals surface area contributed by atoms with Gasteiger partial charge in [-0.15, -0.1) is 0 Å². The zero-order valence-corrected chi connectivity index (χ0v) is 10.3. The van der Waals surface area contributed by atoms with Gasteiger partial charge in [0.1, 0.15) is 0 Å². The molecule has 0 aromatic carbocycles. The first-order chi connectivity index (χ1) is 6.71. The molecule has 1 atom stereocenters. The lowest BCUT2D eigenvalue weighted by molar-refractivity contribution is 0.0438. The molecule has 0 radical (unpaired) electrons. The van der Waals surface area contributed by atoms with Crippen molar-refractivity contribution in [3.8, 4) is 0 Å². The molecule has 0 spiro atoms. The SMILES string of the molecule is CC(C)[C@@H](CCO)N(C(=O)O)C(C)(C)C. The van der Waals surface area contributed by atoms with Crippen LogP contribution >= 0.6 is 0 Å². The van der Waals surface area contributed by atoms with E-state index in [1.165, 1.54) is 4.90 Å². The third-order valence-electron chi connectivity index (χ3n) is 2.45. The lowest BCUT2D eigenvalue weighted by Gasteiger charge is -2.41. The van der Waals surface area contributed by atoms with Crippen molar-refractivity contribution < 1.29 is 15.0 Å². The molecule has 15 heavy (non-hydrogen) atoms. The summed E-state index contributed by atoms with van der Waals surface area (Å²) in [6.45, 7) is 9.57. The van der Waals surface area contributed by atoms with E-state index in [1.807, 2.05) is 34.6 Å². The van der Waals surface area contributed by atoms with Crippen LogP contribution in [-0.4, -0.2) is 39.4 Å². The maximum Gasteiger partial charge on any atom is 0.407 e. The average Bonchev–Trinajstić information content (AvgIpc) is 1.99. The van der Waals surface area contributed by atoms with Crippen LogP contribution in [0.15, 0.2) is 0 Å². The molecule has 0 unspecified atom stereocenters. The van der Waals surface area contributed by atoms with Gasteiger partial charge in [-0.1, -0.05) is 13.8 Å². The topological polar surface area (TPSA) is 60.8 Å². The first kappa shape index (κ1) is 14.2. The lowest BCUT2D eigenvalue weighted by atomic mass is 9.94. The predicted molar refractivity (Wildman–Crippen MR) is 59.9 cm³/mol. The van der Waals surface area contributed by atoms with Gasteiger partial charge >= 0.3 is 6.09 Å². The molecule has 90 valence electrons. The molecule has 0 heterocycles. The molecule has 4 heteroatoms. The zero-order chi connectivity index (χ0) is 12.2. The van der Waals surface area contributed by atoms with E-state index in [0.717, 1.165) is 0 Å². The quantitative estimate of drug-likeness (QED) is 0.758. The molecular formula is C11H23NO3. The maximum absolute atomic E-state index is 11.2. The minimum Gasteiger partial charge on any atom is -0.465 e. The largest absolute Gasteiger partial charge is 0.465 e. The molecule has 0 bridgehead atoms. The van der Waals surface area contributed by atoms with Crippen molar-refractivity contribution in [3.63, 3.8) is 0 Å². The summed E-state index contributed by atoms with van der Waals surface area (Å²) in [5.41, 5.74) is -0.435. The Kier molecular flexibility index (Phi) is 5.08. The second-order valence-corrected chi connectivity index (χ2v) is 5.15. The van der Waals surface area contributed by atoms with Crippen molar-refractivity contribution in [2.24, 2.45) is 5.92 Å². The zero-order valence-electron chi connectivity index (χ0n) is 10.3. The van der Waals surface area contributed by atoms with Crippen LogP contribution in [0.2, 0.25) is 0 Å². The summed E-state index contributed by atoms with van der Waals surface area (Å²) in [6.07, 6.45) is -0.434. The number of carboxylic acid groups (broad SMARTS) is 1. The highest BCUT2D eigenvalue weighted by atomic mass is 16.4. The van der Waals surface area contributed by atoms with Crippen LogP contribution in [0.4, 0.5) is 4.79 Å². The first-order valence-electron chi connectivity index (χ1n) is 5.35. The second kappa shape index (κ2) is 5.35. The van der Waals surface area contributed by atoms with Crippen molar-refractivity contribution in [1.82, 2.24) is 4.90 Å². The molecule has 0 saturated carbocycles. The van der Waals surface area contributed by atoms with Crippen molar-refractivity contribution in [2.75, 3.05) is 6.61 Å². The normalized spacial score (nSPS) is 14.1. The fourth-order valence-electron chi connectivity index (χ4n) is 1.82. The van der Waals surface area contributed by atoms with Crippen molar-refractivity contribution in [2.45, 2.75) is 52.6 Å². The Labute approximate surface area is 91.9 Å². The molecule has 0 aliphatic heterocycles. The number of hydrogen-bond donors (Lipinski definition) is 2. The monoisotopic (exact) mass is 217 g/mol. The lowest BCUT2D eigenvalue weighted by Crippen LogP contribution is -2.53. The Balaban J connectivity index is 4.93. The third-order valence-corrected chi connectivity index (χ3v) is 2.45. The Bertz CT molecular complexity index is 208. The number of amides is 1. The van der Waals surface area contributed by atoms with E-state index in [0.29, 0.717) is 6.42 Å². The molecule has 4 nitrogen and oxygen atoms in total. The van der Waals surface area contributed by atoms with E-state index in [1.54, 1.807) is 0 Å². The van der Waals surface area contributed by atoms with E-state index in [2.05, 4.69) is 0 Å². The van der Waals surface area contributed by atoms with Gasteiger partial charge < -0.3 is 15.1 Å². The summed E-state index contributed by atoms with van der Waals surface area (Å²) in [5.74, 6) is 0.201. The van der Waals surface area contributed by atoms with Gasteiger partial charge in [0.15, 0.2) is 0 Å². The van der Waals surface area contributed by atoms with Gasteiger partial charge in [-0.05, 0) is 33.1 Å². The summed E-state index contributed by atoms with van der Waals surface area (Å²) < 4.78 is 0. The number of aliphatic hydroxyl groups is 1. The minimum absolute atomic E-state index is 0.0166. The Morgan fingerprint density at radius 2 is 1.80 bits per heavy atom. The minimum atomic E-state index is -0.922. The fraction of sp³-hybridized carbons (Fsp3) is 0.909. The smallest absolute Gasteiger partial charge is 0.407 e. The van der Waals surface area contributed by atoms with Crippen LogP contribution in [0, 0.1) is 5.92 Å². The van der Waals surface area contributed by atoms with E-state index in [9.17, 15) is 9.90 Å². The Morgan fingerprint density at radius 3 is 2.00 bits per heavy atom. The molecule has 0 aromatic heterocycles. The molecule has 0 aromatic rings.